The Hall–Kier alpha value is -2.40. The molecule has 1 heterocycles. The molecule has 0 radical (unpaired) electrons. The van der Waals surface area contributed by atoms with Crippen molar-refractivity contribution in [2.24, 2.45) is 0 Å². The lowest BCUT2D eigenvalue weighted by atomic mass is 10.2. The van der Waals surface area contributed by atoms with Crippen LogP contribution in [0.25, 0.3) is 6.08 Å². The van der Waals surface area contributed by atoms with E-state index in [2.05, 4.69) is 11.6 Å². The molecular weight excluding hydrogens is 332 g/mol. The van der Waals surface area contributed by atoms with Crippen molar-refractivity contribution in [3.63, 3.8) is 0 Å². The summed E-state index contributed by atoms with van der Waals surface area (Å²) in [6, 6.07) is 7.67. The van der Waals surface area contributed by atoms with Crippen LogP contribution in [0, 0.1) is 6.92 Å². The van der Waals surface area contributed by atoms with Crippen LogP contribution in [0.15, 0.2) is 47.9 Å². The first-order chi connectivity index (χ1) is 12.0. The molecule has 0 saturated carbocycles. The summed E-state index contributed by atoms with van der Waals surface area (Å²) in [4.78, 5) is 18.4. The molecule has 0 aliphatic rings. The van der Waals surface area contributed by atoms with Crippen molar-refractivity contribution in [2.75, 3.05) is 13.1 Å². The van der Waals surface area contributed by atoms with Crippen LogP contribution < -0.4 is 4.74 Å². The minimum absolute atomic E-state index is 0.0187. The first kappa shape index (κ1) is 18.9. The fourth-order valence-corrected chi connectivity index (χ4v) is 2.88. The highest BCUT2D eigenvalue weighted by Crippen LogP contribution is 2.17. The molecule has 4 nitrogen and oxygen atoms in total. The molecule has 0 atom stereocenters. The first-order valence-electron chi connectivity index (χ1n) is 8.23. The van der Waals surface area contributed by atoms with Crippen LogP contribution in [0.4, 0.5) is 0 Å². The van der Waals surface area contributed by atoms with Gasteiger partial charge >= 0.3 is 0 Å². The van der Waals surface area contributed by atoms with E-state index in [0.29, 0.717) is 19.7 Å². The van der Waals surface area contributed by atoms with Crippen molar-refractivity contribution < 1.29 is 9.53 Å². The molecular formula is C20H24N2O2S. The van der Waals surface area contributed by atoms with Gasteiger partial charge in [0.1, 0.15) is 12.4 Å². The number of ether oxygens (including phenoxy) is 1. The summed E-state index contributed by atoms with van der Waals surface area (Å²) in [5, 5.41) is 3.03. The molecule has 1 aromatic heterocycles. The van der Waals surface area contributed by atoms with E-state index in [1.54, 1.807) is 22.3 Å². The van der Waals surface area contributed by atoms with Crippen LogP contribution >= 0.6 is 11.3 Å². The molecule has 0 aliphatic heterocycles. The fraction of sp³-hybridized carbons (Fsp3) is 0.300. The molecule has 0 N–H and O–H groups in total. The van der Waals surface area contributed by atoms with E-state index in [9.17, 15) is 4.79 Å². The predicted molar refractivity (Wildman–Crippen MR) is 104 cm³/mol. The Bertz CT molecular complexity index is 765. The second-order valence-electron chi connectivity index (χ2n) is 5.86. The standard InChI is InChI=1S/C20H24N2O2S/c1-5-22(12-15(2)3)20(23)10-9-17-7-6-8-19(11-17)24-13-18-14-25-16(4)21-18/h6-11,14H,2,5,12-13H2,1,3-4H3/b10-9+. The molecule has 0 aliphatic carbocycles. The van der Waals surface area contributed by atoms with Gasteiger partial charge in [0.05, 0.1) is 10.7 Å². The molecule has 0 unspecified atom stereocenters. The third-order valence-corrected chi connectivity index (χ3v) is 4.31. The summed E-state index contributed by atoms with van der Waals surface area (Å²) >= 11 is 1.61. The van der Waals surface area contributed by atoms with Gasteiger partial charge in [-0.3, -0.25) is 4.79 Å². The lowest BCUT2D eigenvalue weighted by molar-refractivity contribution is -0.125. The smallest absolute Gasteiger partial charge is 0.246 e. The molecule has 5 heteroatoms. The Labute approximate surface area is 153 Å². The van der Waals surface area contributed by atoms with E-state index in [4.69, 9.17) is 4.74 Å². The zero-order chi connectivity index (χ0) is 18.2. The van der Waals surface area contributed by atoms with Gasteiger partial charge in [-0.15, -0.1) is 11.3 Å². The molecule has 1 amide bonds. The Balaban J connectivity index is 1.97. The largest absolute Gasteiger partial charge is 0.487 e. The number of benzene rings is 1. The monoisotopic (exact) mass is 356 g/mol. The number of carbonyl (C=O) groups excluding carboxylic acids is 1. The van der Waals surface area contributed by atoms with Crippen LogP contribution in [-0.2, 0) is 11.4 Å². The Morgan fingerprint density at radius 1 is 1.44 bits per heavy atom. The van der Waals surface area contributed by atoms with Crippen LogP contribution in [-0.4, -0.2) is 28.9 Å². The average molecular weight is 356 g/mol. The molecule has 2 aromatic rings. The second-order valence-corrected chi connectivity index (χ2v) is 6.92. The Kier molecular flexibility index (Phi) is 6.95. The zero-order valence-electron chi connectivity index (χ0n) is 15.0. The van der Waals surface area contributed by atoms with Gasteiger partial charge in [-0.25, -0.2) is 4.98 Å². The molecule has 132 valence electrons. The van der Waals surface area contributed by atoms with Gasteiger partial charge < -0.3 is 9.64 Å². The van der Waals surface area contributed by atoms with Crippen molar-refractivity contribution >= 4 is 23.3 Å². The number of rotatable bonds is 8. The fourth-order valence-electron chi connectivity index (χ4n) is 2.28. The van der Waals surface area contributed by atoms with Gasteiger partial charge in [0, 0.05) is 24.5 Å². The van der Waals surface area contributed by atoms with Crippen LogP contribution in [0.2, 0.25) is 0 Å². The van der Waals surface area contributed by atoms with E-state index in [1.807, 2.05) is 56.5 Å². The number of carbonyl (C=O) groups is 1. The normalized spacial score (nSPS) is 10.8. The predicted octanol–water partition coefficient (Wildman–Crippen LogP) is 4.47. The third kappa shape index (κ3) is 6.19. The van der Waals surface area contributed by atoms with E-state index in [1.165, 1.54) is 0 Å². The average Bonchev–Trinajstić information content (AvgIpc) is 3.01. The van der Waals surface area contributed by atoms with E-state index >= 15 is 0 Å². The molecule has 25 heavy (non-hydrogen) atoms. The van der Waals surface area contributed by atoms with Crippen molar-refractivity contribution in [3.05, 3.63) is 64.1 Å². The van der Waals surface area contributed by atoms with Crippen molar-refractivity contribution in [2.45, 2.75) is 27.4 Å². The summed E-state index contributed by atoms with van der Waals surface area (Å²) in [5.41, 5.74) is 2.82. The van der Waals surface area contributed by atoms with Crippen LogP contribution in [0.5, 0.6) is 5.75 Å². The minimum atomic E-state index is -0.0187. The van der Waals surface area contributed by atoms with Crippen LogP contribution in [0.1, 0.15) is 30.1 Å². The number of amides is 1. The van der Waals surface area contributed by atoms with Gasteiger partial charge in [-0.2, -0.15) is 0 Å². The summed E-state index contributed by atoms with van der Waals surface area (Å²) in [5.74, 6) is 0.740. The van der Waals surface area contributed by atoms with Crippen molar-refractivity contribution in [1.29, 1.82) is 0 Å². The number of aryl methyl sites for hydroxylation is 1. The maximum absolute atomic E-state index is 12.2. The van der Waals surface area contributed by atoms with E-state index in [-0.39, 0.29) is 5.91 Å². The zero-order valence-corrected chi connectivity index (χ0v) is 15.8. The second kappa shape index (κ2) is 9.18. The summed E-state index contributed by atoms with van der Waals surface area (Å²) in [7, 11) is 0. The molecule has 2 rings (SSSR count). The number of aromatic nitrogens is 1. The van der Waals surface area contributed by atoms with Gasteiger partial charge in [0.2, 0.25) is 5.91 Å². The van der Waals surface area contributed by atoms with Gasteiger partial charge in [0.25, 0.3) is 0 Å². The lowest BCUT2D eigenvalue weighted by Crippen LogP contribution is -2.30. The quantitative estimate of drug-likeness (QED) is 0.518. The van der Waals surface area contributed by atoms with E-state index < -0.39 is 0 Å². The highest BCUT2D eigenvalue weighted by molar-refractivity contribution is 7.09. The molecule has 1 aromatic carbocycles. The first-order valence-corrected chi connectivity index (χ1v) is 9.11. The highest BCUT2D eigenvalue weighted by Gasteiger charge is 2.07. The Morgan fingerprint density at radius 2 is 2.24 bits per heavy atom. The van der Waals surface area contributed by atoms with Crippen molar-refractivity contribution in [1.82, 2.24) is 9.88 Å². The van der Waals surface area contributed by atoms with Gasteiger partial charge in [-0.05, 0) is 44.5 Å². The van der Waals surface area contributed by atoms with E-state index in [0.717, 1.165) is 27.6 Å². The molecule has 0 bridgehead atoms. The lowest BCUT2D eigenvalue weighted by Gasteiger charge is -2.18. The molecule has 0 fully saturated rings. The van der Waals surface area contributed by atoms with Gasteiger partial charge in [-0.1, -0.05) is 24.3 Å². The third-order valence-electron chi connectivity index (χ3n) is 3.48. The minimum Gasteiger partial charge on any atom is -0.487 e. The Morgan fingerprint density at radius 3 is 2.88 bits per heavy atom. The SMILES string of the molecule is C=C(C)CN(CC)C(=O)/C=C/c1cccc(OCc2csc(C)n2)c1. The summed E-state index contributed by atoms with van der Waals surface area (Å²) in [6.07, 6.45) is 3.40. The molecule has 0 spiro atoms. The highest BCUT2D eigenvalue weighted by atomic mass is 32.1. The van der Waals surface area contributed by atoms with Gasteiger partial charge in [0.15, 0.2) is 0 Å². The number of hydrogen-bond acceptors (Lipinski definition) is 4. The summed E-state index contributed by atoms with van der Waals surface area (Å²) < 4.78 is 5.78. The molecule has 0 saturated heterocycles. The topological polar surface area (TPSA) is 42.4 Å². The maximum Gasteiger partial charge on any atom is 0.246 e. The number of hydrogen-bond donors (Lipinski definition) is 0. The van der Waals surface area contributed by atoms with Crippen LogP contribution in [0.3, 0.4) is 0 Å². The number of likely N-dealkylation sites (N-methyl/N-ethyl adjacent to an activating group) is 1. The number of thiazole rings is 1. The van der Waals surface area contributed by atoms with Crippen molar-refractivity contribution in [3.8, 4) is 5.75 Å². The maximum atomic E-state index is 12.2. The summed E-state index contributed by atoms with van der Waals surface area (Å²) in [6.45, 7) is 11.4. The number of nitrogens with zero attached hydrogens (tertiary/aromatic N) is 2.